The first-order chi connectivity index (χ1) is 8.46. The maximum Gasteiger partial charge on any atom is 0.217 e. The van der Waals surface area contributed by atoms with Crippen molar-refractivity contribution in [3.05, 3.63) is 0 Å². The summed E-state index contributed by atoms with van der Waals surface area (Å²) >= 11 is 0. The van der Waals surface area contributed by atoms with Gasteiger partial charge in [-0.1, -0.05) is 61.3 Å². The van der Waals surface area contributed by atoms with Gasteiger partial charge in [0.05, 0.1) is 0 Å². The minimum Gasteiger partial charge on any atom is -0.413 e. The Kier molecular flexibility index (Phi) is 10.1. The standard InChI is InChI=1S/C16H35OSi/c1-8-15(9-2)11-12-16(10-3)17-18(13(4)5)14(6)7/h13-16H,8-12H2,1-7H3. The van der Waals surface area contributed by atoms with Crippen LogP contribution in [0.5, 0.6) is 0 Å². The van der Waals surface area contributed by atoms with Crippen molar-refractivity contribution in [2.24, 2.45) is 5.92 Å². The summed E-state index contributed by atoms with van der Waals surface area (Å²) in [7, 11) is -0.650. The van der Waals surface area contributed by atoms with Crippen LogP contribution in [0.15, 0.2) is 0 Å². The fourth-order valence-electron chi connectivity index (χ4n) is 2.60. The van der Waals surface area contributed by atoms with Crippen LogP contribution < -0.4 is 0 Å². The van der Waals surface area contributed by atoms with Crippen LogP contribution in [0, 0.1) is 5.92 Å². The molecule has 109 valence electrons. The average Bonchev–Trinajstić information content (AvgIpc) is 2.33. The fraction of sp³-hybridized carbons (Fsp3) is 1.00. The number of hydrogen-bond donors (Lipinski definition) is 0. The van der Waals surface area contributed by atoms with E-state index in [1.165, 1.54) is 32.1 Å². The molecule has 0 heterocycles. The molecule has 1 nitrogen and oxygen atoms in total. The summed E-state index contributed by atoms with van der Waals surface area (Å²) in [6.07, 6.45) is 6.92. The molecule has 0 bridgehead atoms. The molecule has 0 aliphatic rings. The van der Waals surface area contributed by atoms with Crippen molar-refractivity contribution in [1.29, 1.82) is 0 Å². The van der Waals surface area contributed by atoms with Crippen molar-refractivity contribution in [2.45, 2.75) is 97.8 Å². The molecule has 0 aliphatic heterocycles. The maximum absolute atomic E-state index is 6.46. The van der Waals surface area contributed by atoms with Crippen molar-refractivity contribution in [3.63, 3.8) is 0 Å². The van der Waals surface area contributed by atoms with Gasteiger partial charge in [-0.25, -0.2) is 0 Å². The molecule has 0 amide bonds. The van der Waals surface area contributed by atoms with E-state index in [1.54, 1.807) is 0 Å². The predicted octanol–water partition coefficient (Wildman–Crippen LogP) is 5.81. The Labute approximate surface area is 117 Å². The molecule has 0 saturated heterocycles. The van der Waals surface area contributed by atoms with E-state index < -0.39 is 9.04 Å². The lowest BCUT2D eigenvalue weighted by atomic mass is 9.95. The van der Waals surface area contributed by atoms with E-state index in [9.17, 15) is 0 Å². The average molecular weight is 272 g/mol. The lowest BCUT2D eigenvalue weighted by Gasteiger charge is -2.28. The van der Waals surface area contributed by atoms with Gasteiger partial charge < -0.3 is 4.43 Å². The molecule has 0 aliphatic carbocycles. The van der Waals surface area contributed by atoms with Crippen LogP contribution in [0.4, 0.5) is 0 Å². The van der Waals surface area contributed by atoms with Gasteiger partial charge in [0.1, 0.15) is 0 Å². The van der Waals surface area contributed by atoms with Crippen LogP contribution in [0.3, 0.4) is 0 Å². The third kappa shape index (κ3) is 6.94. The molecule has 18 heavy (non-hydrogen) atoms. The second-order valence-corrected chi connectivity index (χ2v) is 9.47. The Hall–Kier alpha value is 0.177. The molecular formula is C16H35OSi. The Morgan fingerprint density at radius 1 is 0.778 bits per heavy atom. The zero-order valence-electron chi connectivity index (χ0n) is 13.8. The van der Waals surface area contributed by atoms with Crippen LogP contribution in [0.1, 0.15) is 80.6 Å². The number of hydrogen-bond acceptors (Lipinski definition) is 1. The largest absolute Gasteiger partial charge is 0.413 e. The highest BCUT2D eigenvalue weighted by Gasteiger charge is 2.25. The summed E-state index contributed by atoms with van der Waals surface area (Å²) in [6, 6.07) is 0. The number of rotatable bonds is 10. The summed E-state index contributed by atoms with van der Waals surface area (Å²) in [5.74, 6) is 0.899. The molecule has 1 atom stereocenters. The van der Waals surface area contributed by atoms with E-state index >= 15 is 0 Å². The molecule has 0 fully saturated rings. The van der Waals surface area contributed by atoms with Crippen LogP contribution >= 0.6 is 0 Å². The normalized spacial score (nSPS) is 14.2. The predicted molar refractivity (Wildman–Crippen MR) is 84.4 cm³/mol. The lowest BCUT2D eigenvalue weighted by molar-refractivity contribution is 0.167. The Bertz CT molecular complexity index is 180. The van der Waals surface area contributed by atoms with Gasteiger partial charge in [-0.3, -0.25) is 0 Å². The quantitative estimate of drug-likeness (QED) is 0.456. The van der Waals surface area contributed by atoms with Gasteiger partial charge in [0.15, 0.2) is 0 Å². The zero-order valence-corrected chi connectivity index (χ0v) is 14.8. The smallest absolute Gasteiger partial charge is 0.217 e. The third-order valence-electron chi connectivity index (χ3n) is 3.95. The third-order valence-corrected chi connectivity index (χ3v) is 6.83. The Morgan fingerprint density at radius 3 is 1.61 bits per heavy atom. The Morgan fingerprint density at radius 2 is 1.28 bits per heavy atom. The van der Waals surface area contributed by atoms with Crippen LogP contribution in [0.2, 0.25) is 11.1 Å². The molecule has 0 saturated carbocycles. The summed E-state index contributed by atoms with van der Waals surface area (Å²) in [5, 5.41) is 0. The van der Waals surface area contributed by atoms with Gasteiger partial charge in [-0.15, -0.1) is 0 Å². The minimum absolute atomic E-state index is 0.504. The van der Waals surface area contributed by atoms with Crippen molar-refractivity contribution >= 4 is 9.04 Å². The summed E-state index contributed by atoms with van der Waals surface area (Å²) < 4.78 is 6.46. The topological polar surface area (TPSA) is 9.23 Å². The van der Waals surface area contributed by atoms with Crippen molar-refractivity contribution < 1.29 is 4.43 Å². The van der Waals surface area contributed by atoms with Gasteiger partial charge in [-0.2, -0.15) is 0 Å². The van der Waals surface area contributed by atoms with Crippen molar-refractivity contribution in [3.8, 4) is 0 Å². The van der Waals surface area contributed by atoms with Crippen molar-refractivity contribution in [1.82, 2.24) is 0 Å². The van der Waals surface area contributed by atoms with E-state index in [1.807, 2.05) is 0 Å². The SMILES string of the molecule is CCC(CC)CCC(CC)O[Si](C(C)C)C(C)C. The lowest BCUT2D eigenvalue weighted by Crippen LogP contribution is -2.31. The minimum atomic E-state index is -0.650. The van der Waals surface area contributed by atoms with Gasteiger partial charge in [0.25, 0.3) is 0 Å². The summed E-state index contributed by atoms with van der Waals surface area (Å²) in [6.45, 7) is 16.2. The second kappa shape index (κ2) is 10.0. The Balaban J connectivity index is 4.23. The van der Waals surface area contributed by atoms with Gasteiger partial charge >= 0.3 is 0 Å². The monoisotopic (exact) mass is 271 g/mol. The van der Waals surface area contributed by atoms with Crippen LogP contribution in [-0.4, -0.2) is 15.1 Å². The maximum atomic E-state index is 6.46. The van der Waals surface area contributed by atoms with Crippen LogP contribution in [-0.2, 0) is 4.43 Å². The van der Waals surface area contributed by atoms with Crippen molar-refractivity contribution in [2.75, 3.05) is 0 Å². The van der Waals surface area contributed by atoms with Gasteiger partial charge in [0, 0.05) is 6.10 Å². The second-order valence-electron chi connectivity index (χ2n) is 6.12. The molecule has 0 spiro atoms. The molecule has 0 N–H and O–H groups in total. The molecule has 0 aromatic carbocycles. The van der Waals surface area contributed by atoms with E-state index in [-0.39, 0.29) is 0 Å². The summed E-state index contributed by atoms with van der Waals surface area (Å²) in [5.41, 5.74) is 1.44. The van der Waals surface area contributed by atoms with E-state index in [2.05, 4.69) is 48.5 Å². The fourth-order valence-corrected chi connectivity index (χ4v) is 5.14. The molecule has 0 aromatic rings. The van der Waals surface area contributed by atoms with Crippen LogP contribution in [0.25, 0.3) is 0 Å². The van der Waals surface area contributed by atoms with E-state index in [0.29, 0.717) is 6.10 Å². The van der Waals surface area contributed by atoms with E-state index in [0.717, 1.165) is 17.0 Å². The first-order valence-corrected chi connectivity index (χ1v) is 9.55. The van der Waals surface area contributed by atoms with Gasteiger partial charge in [-0.05, 0) is 36.3 Å². The highest BCUT2D eigenvalue weighted by Crippen LogP contribution is 2.25. The highest BCUT2D eigenvalue weighted by atomic mass is 28.3. The molecule has 1 radical (unpaired) electrons. The molecule has 2 heteroatoms. The first kappa shape index (κ1) is 18.2. The van der Waals surface area contributed by atoms with E-state index in [4.69, 9.17) is 4.43 Å². The molecule has 1 unspecified atom stereocenters. The molecule has 0 aromatic heterocycles. The summed E-state index contributed by atoms with van der Waals surface area (Å²) in [4.78, 5) is 0. The highest BCUT2D eigenvalue weighted by molar-refractivity contribution is 6.55. The first-order valence-electron chi connectivity index (χ1n) is 7.99. The molecule has 0 rings (SSSR count). The zero-order chi connectivity index (χ0) is 14.1. The van der Waals surface area contributed by atoms with Gasteiger partial charge in [0.2, 0.25) is 9.04 Å². The molecular weight excluding hydrogens is 236 g/mol.